The molecule has 2 amide bonds. The summed E-state index contributed by atoms with van der Waals surface area (Å²) in [6, 6.07) is 7.22. The van der Waals surface area contributed by atoms with Crippen LogP contribution in [0.4, 0.5) is 11.4 Å². The lowest BCUT2D eigenvalue weighted by molar-refractivity contribution is -0.118. The van der Waals surface area contributed by atoms with Gasteiger partial charge in [-0.05, 0) is 43.5 Å². The predicted molar refractivity (Wildman–Crippen MR) is 113 cm³/mol. The molecule has 3 rings (SSSR count). The number of carbonyl (C=O) groups is 2. The highest BCUT2D eigenvalue weighted by Gasteiger charge is 2.20. The number of nitrogens with zero attached hydrogens (tertiary/aromatic N) is 2. The van der Waals surface area contributed by atoms with Crippen LogP contribution in [0.5, 0.6) is 0 Å². The van der Waals surface area contributed by atoms with Crippen LogP contribution in [-0.2, 0) is 4.79 Å². The zero-order valence-electron chi connectivity index (χ0n) is 17.6. The Bertz CT molecular complexity index is 1080. The van der Waals surface area contributed by atoms with Crippen LogP contribution in [0.1, 0.15) is 60.9 Å². The van der Waals surface area contributed by atoms with E-state index in [1.165, 1.54) is 0 Å². The molecule has 0 atom stereocenters. The van der Waals surface area contributed by atoms with Crippen molar-refractivity contribution in [3.05, 3.63) is 46.8 Å². The van der Waals surface area contributed by atoms with Gasteiger partial charge < -0.3 is 15.2 Å². The first kappa shape index (κ1) is 20.5. The lowest BCUT2D eigenvalue weighted by Crippen LogP contribution is -2.18. The van der Waals surface area contributed by atoms with Gasteiger partial charge in [-0.2, -0.15) is 0 Å². The minimum Gasteiger partial charge on any atom is -0.336 e. The Labute approximate surface area is 169 Å². The molecule has 1 aromatic carbocycles. The van der Waals surface area contributed by atoms with Gasteiger partial charge in [0.25, 0.3) is 11.6 Å². The molecule has 0 saturated carbocycles. The summed E-state index contributed by atoms with van der Waals surface area (Å²) >= 11 is 0. The van der Waals surface area contributed by atoms with Crippen LogP contribution in [0.15, 0.2) is 28.8 Å². The van der Waals surface area contributed by atoms with E-state index >= 15 is 0 Å². The fourth-order valence-corrected chi connectivity index (χ4v) is 2.90. The summed E-state index contributed by atoms with van der Waals surface area (Å²) in [5.74, 6) is -0.359. The Hall–Kier alpha value is -3.22. The van der Waals surface area contributed by atoms with Gasteiger partial charge in [-0.25, -0.2) is 4.98 Å². The van der Waals surface area contributed by atoms with E-state index in [0.717, 1.165) is 11.3 Å². The number of aryl methyl sites for hydroxylation is 2. The first-order chi connectivity index (χ1) is 13.7. The molecule has 0 fully saturated rings. The van der Waals surface area contributed by atoms with Crippen molar-refractivity contribution in [2.45, 2.75) is 47.5 Å². The number of benzene rings is 1. The van der Waals surface area contributed by atoms with E-state index in [4.69, 9.17) is 4.52 Å². The maximum absolute atomic E-state index is 13.2. The molecule has 2 heterocycles. The number of hydrogen-bond acceptors (Lipinski definition) is 5. The number of carbonyl (C=O) groups excluding carboxylic acids is 2. The fraction of sp³-hybridized carbons (Fsp3) is 0.364. The van der Waals surface area contributed by atoms with E-state index in [9.17, 15) is 9.59 Å². The number of anilines is 2. The first-order valence-corrected chi connectivity index (χ1v) is 9.67. The maximum atomic E-state index is 13.2. The van der Waals surface area contributed by atoms with E-state index in [2.05, 4.69) is 20.8 Å². The van der Waals surface area contributed by atoms with Gasteiger partial charge in [0.15, 0.2) is 0 Å². The summed E-state index contributed by atoms with van der Waals surface area (Å²) in [6.07, 6.45) is 0. The molecule has 2 aromatic heterocycles. The molecular formula is C22H26N4O3. The molecule has 0 aliphatic heterocycles. The minimum atomic E-state index is -0.277. The molecule has 0 radical (unpaired) electrons. The molecule has 7 nitrogen and oxygen atoms in total. The molecule has 0 saturated heterocycles. The average Bonchev–Trinajstić information content (AvgIpc) is 3.04. The third-order valence-corrected chi connectivity index (χ3v) is 4.75. The van der Waals surface area contributed by atoms with E-state index < -0.39 is 0 Å². The number of amides is 2. The molecule has 2 N–H and O–H groups in total. The standard InChI is InChI=1S/C22H26N4O3/c1-11(2)17-10-16(19-14(6)26-29-22(19)25-17)21(28)24-18-9-15(8-7-13(18)5)23-20(27)12(3)4/h7-12H,1-6H3,(H,23,27)(H,24,28). The van der Waals surface area contributed by atoms with E-state index in [-0.39, 0.29) is 23.7 Å². The van der Waals surface area contributed by atoms with Crippen LogP contribution in [0.3, 0.4) is 0 Å². The molecule has 0 bridgehead atoms. The van der Waals surface area contributed by atoms with Crippen molar-refractivity contribution in [2.24, 2.45) is 5.92 Å². The van der Waals surface area contributed by atoms with Crippen molar-refractivity contribution in [1.29, 1.82) is 0 Å². The normalized spacial score (nSPS) is 11.3. The Kier molecular flexibility index (Phi) is 5.68. The maximum Gasteiger partial charge on any atom is 0.259 e. The number of fused-ring (bicyclic) bond motifs is 1. The minimum absolute atomic E-state index is 0.0800. The second-order valence-corrected chi connectivity index (χ2v) is 7.83. The Morgan fingerprint density at radius 1 is 1.03 bits per heavy atom. The van der Waals surface area contributed by atoms with Crippen LogP contribution >= 0.6 is 0 Å². The molecule has 3 aromatic rings. The average molecular weight is 394 g/mol. The van der Waals surface area contributed by atoms with Crippen molar-refractivity contribution < 1.29 is 14.1 Å². The van der Waals surface area contributed by atoms with Crippen LogP contribution in [0, 0.1) is 19.8 Å². The SMILES string of the molecule is Cc1ccc(NC(=O)C(C)C)cc1NC(=O)c1cc(C(C)C)nc2onc(C)c12. The lowest BCUT2D eigenvalue weighted by Gasteiger charge is -2.14. The molecule has 0 aliphatic rings. The van der Waals surface area contributed by atoms with E-state index in [1.807, 2.05) is 46.8 Å². The third-order valence-electron chi connectivity index (χ3n) is 4.75. The summed E-state index contributed by atoms with van der Waals surface area (Å²) in [5.41, 5.74) is 4.34. The Balaban J connectivity index is 1.96. The molecule has 0 aliphatic carbocycles. The third kappa shape index (κ3) is 4.29. The largest absolute Gasteiger partial charge is 0.336 e. The fourth-order valence-electron chi connectivity index (χ4n) is 2.90. The summed E-state index contributed by atoms with van der Waals surface area (Å²) in [6.45, 7) is 11.3. The lowest BCUT2D eigenvalue weighted by atomic mass is 10.0. The second-order valence-electron chi connectivity index (χ2n) is 7.83. The summed E-state index contributed by atoms with van der Waals surface area (Å²) < 4.78 is 5.30. The van der Waals surface area contributed by atoms with E-state index in [0.29, 0.717) is 33.7 Å². The predicted octanol–water partition coefficient (Wildman–Crippen LogP) is 4.81. The number of pyridine rings is 1. The number of aromatic nitrogens is 2. The van der Waals surface area contributed by atoms with Gasteiger partial charge in [-0.15, -0.1) is 0 Å². The molecule has 152 valence electrons. The quantitative estimate of drug-likeness (QED) is 0.647. The van der Waals surface area contributed by atoms with Crippen molar-refractivity contribution in [1.82, 2.24) is 10.1 Å². The van der Waals surface area contributed by atoms with Crippen LogP contribution < -0.4 is 10.6 Å². The molecule has 7 heteroatoms. The van der Waals surface area contributed by atoms with Crippen molar-refractivity contribution >= 4 is 34.3 Å². The highest BCUT2D eigenvalue weighted by Crippen LogP contribution is 2.27. The van der Waals surface area contributed by atoms with Crippen LogP contribution in [0.2, 0.25) is 0 Å². The topological polar surface area (TPSA) is 97.1 Å². The van der Waals surface area contributed by atoms with E-state index in [1.54, 1.807) is 19.1 Å². The van der Waals surface area contributed by atoms with Crippen molar-refractivity contribution in [2.75, 3.05) is 10.6 Å². The Morgan fingerprint density at radius 2 is 1.76 bits per heavy atom. The smallest absolute Gasteiger partial charge is 0.259 e. The van der Waals surface area contributed by atoms with Gasteiger partial charge in [0.2, 0.25) is 5.91 Å². The number of hydrogen-bond donors (Lipinski definition) is 2. The molecule has 0 spiro atoms. The van der Waals surface area contributed by atoms with Crippen LogP contribution in [0.25, 0.3) is 11.1 Å². The van der Waals surface area contributed by atoms with Gasteiger partial charge in [-0.1, -0.05) is 38.9 Å². The van der Waals surface area contributed by atoms with Crippen molar-refractivity contribution in [3.63, 3.8) is 0 Å². The molecular weight excluding hydrogens is 368 g/mol. The number of nitrogens with one attached hydrogen (secondary N) is 2. The zero-order valence-corrected chi connectivity index (χ0v) is 17.6. The van der Waals surface area contributed by atoms with Crippen LogP contribution in [-0.4, -0.2) is 22.0 Å². The highest BCUT2D eigenvalue weighted by molar-refractivity contribution is 6.12. The van der Waals surface area contributed by atoms with Gasteiger partial charge >= 0.3 is 0 Å². The molecule has 29 heavy (non-hydrogen) atoms. The van der Waals surface area contributed by atoms with Crippen molar-refractivity contribution in [3.8, 4) is 0 Å². The summed E-state index contributed by atoms with van der Waals surface area (Å²) in [5, 5.41) is 10.4. The van der Waals surface area contributed by atoms with Gasteiger partial charge in [0, 0.05) is 23.0 Å². The monoisotopic (exact) mass is 394 g/mol. The first-order valence-electron chi connectivity index (χ1n) is 9.67. The number of rotatable bonds is 5. The Morgan fingerprint density at radius 3 is 2.41 bits per heavy atom. The van der Waals surface area contributed by atoms with Gasteiger partial charge in [-0.3, -0.25) is 9.59 Å². The second kappa shape index (κ2) is 8.03. The highest BCUT2D eigenvalue weighted by atomic mass is 16.5. The zero-order chi connectivity index (χ0) is 21.3. The summed E-state index contributed by atoms with van der Waals surface area (Å²) in [7, 11) is 0. The van der Waals surface area contributed by atoms with Gasteiger partial charge in [0.05, 0.1) is 16.6 Å². The van der Waals surface area contributed by atoms with Gasteiger partial charge in [0.1, 0.15) is 0 Å². The summed E-state index contributed by atoms with van der Waals surface area (Å²) in [4.78, 5) is 29.6. The molecule has 0 unspecified atom stereocenters.